The number of para-hydroxylation sites is 1. The molecule has 1 nitrogen and oxygen atoms in total. The fraction of sp³-hybridized carbons (Fsp3) is 0.364. The van der Waals surface area contributed by atoms with Crippen LogP contribution in [-0.2, 0) is 6.42 Å². The van der Waals surface area contributed by atoms with Crippen molar-refractivity contribution in [3.05, 3.63) is 35.7 Å². The third-order valence-electron chi connectivity index (χ3n) is 1.95. The van der Waals surface area contributed by atoms with E-state index in [0.29, 0.717) is 0 Å². The monoisotopic (exact) mass is 162 g/mol. The van der Waals surface area contributed by atoms with Crippen molar-refractivity contribution in [2.75, 3.05) is 5.73 Å². The molecule has 0 atom stereocenters. The van der Waals surface area contributed by atoms with Crippen LogP contribution in [0, 0.1) is 5.92 Å². The molecule has 1 rings (SSSR count). The Morgan fingerprint density at radius 3 is 2.50 bits per heavy atom. The number of hydrogen-bond acceptors (Lipinski definition) is 1. The molecule has 0 fully saturated rings. The van der Waals surface area contributed by atoms with Gasteiger partial charge >= 0.3 is 0 Å². The van der Waals surface area contributed by atoms with Crippen molar-refractivity contribution in [1.82, 2.24) is 0 Å². The molecule has 0 saturated heterocycles. The number of hydrogen-bond donors (Lipinski definition) is 1. The Hall–Kier alpha value is -0.980. The molecule has 1 heteroatoms. The zero-order valence-corrected chi connectivity index (χ0v) is 7.80. The van der Waals surface area contributed by atoms with E-state index in [1.807, 2.05) is 18.2 Å². The van der Waals surface area contributed by atoms with Crippen molar-refractivity contribution in [1.29, 1.82) is 0 Å². The minimum Gasteiger partial charge on any atom is -0.399 e. The maximum Gasteiger partial charge on any atom is 0.0346 e. The maximum atomic E-state index is 5.80. The standard InChI is InChI=1S/C11H16N/c1-9(2)7-8-10-5-3-4-6-11(10)12/h3-6H,7-8,12H2,1-2H3. The molecular weight excluding hydrogens is 146 g/mol. The summed E-state index contributed by atoms with van der Waals surface area (Å²) in [5, 5.41) is 0. The number of rotatable bonds is 3. The summed E-state index contributed by atoms with van der Waals surface area (Å²) in [5.41, 5.74) is 7.98. The highest BCUT2D eigenvalue weighted by Crippen LogP contribution is 2.15. The molecule has 0 saturated carbocycles. The third kappa shape index (κ3) is 2.57. The second kappa shape index (κ2) is 4.15. The molecule has 0 aliphatic heterocycles. The van der Waals surface area contributed by atoms with Gasteiger partial charge in [-0.3, -0.25) is 0 Å². The molecule has 0 unspecified atom stereocenters. The summed E-state index contributed by atoms with van der Waals surface area (Å²) in [5.74, 6) is 1.46. The summed E-state index contributed by atoms with van der Waals surface area (Å²) in [4.78, 5) is 0. The summed E-state index contributed by atoms with van der Waals surface area (Å²) in [6, 6.07) is 8.07. The first-order chi connectivity index (χ1) is 5.70. The van der Waals surface area contributed by atoms with Gasteiger partial charge in [-0.15, -0.1) is 0 Å². The molecule has 0 amide bonds. The zero-order chi connectivity index (χ0) is 8.97. The summed E-state index contributed by atoms with van der Waals surface area (Å²) >= 11 is 0. The van der Waals surface area contributed by atoms with Crippen molar-refractivity contribution in [2.45, 2.75) is 26.7 Å². The van der Waals surface area contributed by atoms with E-state index >= 15 is 0 Å². The van der Waals surface area contributed by atoms with Crippen LogP contribution in [-0.4, -0.2) is 0 Å². The molecule has 1 aromatic carbocycles. The predicted octanol–water partition coefficient (Wildman–Crippen LogP) is 2.82. The number of nitrogens with two attached hydrogens (primary N) is 1. The van der Waals surface area contributed by atoms with E-state index in [-0.39, 0.29) is 0 Å². The molecule has 1 aromatic rings. The first-order valence-corrected chi connectivity index (χ1v) is 4.32. The van der Waals surface area contributed by atoms with E-state index < -0.39 is 0 Å². The van der Waals surface area contributed by atoms with E-state index in [1.165, 1.54) is 11.5 Å². The first-order valence-electron chi connectivity index (χ1n) is 4.32. The molecule has 12 heavy (non-hydrogen) atoms. The van der Waals surface area contributed by atoms with Gasteiger partial charge in [0.2, 0.25) is 0 Å². The minimum atomic E-state index is 0.916. The second-order valence-corrected chi connectivity index (χ2v) is 3.41. The van der Waals surface area contributed by atoms with E-state index in [2.05, 4.69) is 19.9 Å². The average molecular weight is 162 g/mol. The van der Waals surface area contributed by atoms with Gasteiger partial charge in [-0.05, 0) is 30.4 Å². The van der Waals surface area contributed by atoms with Crippen LogP contribution in [0.25, 0.3) is 0 Å². The Morgan fingerprint density at radius 2 is 1.92 bits per heavy atom. The predicted molar refractivity (Wildman–Crippen MR) is 53.8 cm³/mol. The molecule has 0 aromatic heterocycles. The van der Waals surface area contributed by atoms with Crippen LogP contribution in [0.1, 0.15) is 25.8 Å². The van der Waals surface area contributed by atoms with Crippen molar-refractivity contribution in [2.24, 2.45) is 0 Å². The lowest BCUT2D eigenvalue weighted by atomic mass is 10.0. The Labute approximate surface area is 74.6 Å². The van der Waals surface area contributed by atoms with Crippen LogP contribution in [0.3, 0.4) is 0 Å². The molecule has 1 radical (unpaired) electrons. The zero-order valence-electron chi connectivity index (χ0n) is 7.80. The van der Waals surface area contributed by atoms with Gasteiger partial charge in [-0.25, -0.2) is 0 Å². The molecular formula is C11H16N. The summed E-state index contributed by atoms with van der Waals surface area (Å²) in [6.45, 7) is 4.30. The fourth-order valence-electron chi connectivity index (χ4n) is 1.15. The third-order valence-corrected chi connectivity index (χ3v) is 1.95. The Bertz CT molecular complexity index is 241. The number of nitrogen functional groups attached to an aromatic ring is 1. The molecule has 0 aliphatic carbocycles. The van der Waals surface area contributed by atoms with Crippen molar-refractivity contribution >= 4 is 5.69 Å². The van der Waals surface area contributed by atoms with Gasteiger partial charge in [-0.1, -0.05) is 32.0 Å². The quantitative estimate of drug-likeness (QED) is 0.679. The summed E-state index contributed by atoms with van der Waals surface area (Å²) in [6.07, 6.45) is 2.20. The molecule has 2 N–H and O–H groups in total. The van der Waals surface area contributed by atoms with Gasteiger partial charge in [0.15, 0.2) is 0 Å². The summed E-state index contributed by atoms with van der Waals surface area (Å²) < 4.78 is 0. The summed E-state index contributed by atoms with van der Waals surface area (Å²) in [7, 11) is 0. The van der Waals surface area contributed by atoms with Crippen LogP contribution in [0.2, 0.25) is 0 Å². The highest BCUT2D eigenvalue weighted by atomic mass is 14.6. The molecule has 0 spiro atoms. The van der Waals surface area contributed by atoms with Gasteiger partial charge in [-0.2, -0.15) is 0 Å². The SMILES string of the molecule is C[C](C)CCc1ccccc1N. The Kier molecular flexibility index (Phi) is 3.15. The largest absolute Gasteiger partial charge is 0.399 e. The maximum absolute atomic E-state index is 5.80. The Morgan fingerprint density at radius 1 is 1.25 bits per heavy atom. The lowest BCUT2D eigenvalue weighted by molar-refractivity contribution is 0.833. The van der Waals surface area contributed by atoms with Gasteiger partial charge in [0.25, 0.3) is 0 Å². The highest BCUT2D eigenvalue weighted by molar-refractivity contribution is 5.46. The lowest BCUT2D eigenvalue weighted by Crippen LogP contribution is -1.95. The van der Waals surface area contributed by atoms with Crippen LogP contribution >= 0.6 is 0 Å². The van der Waals surface area contributed by atoms with Crippen LogP contribution < -0.4 is 5.73 Å². The minimum absolute atomic E-state index is 0.916. The molecule has 65 valence electrons. The van der Waals surface area contributed by atoms with Gasteiger partial charge in [0, 0.05) is 5.69 Å². The molecule has 0 bridgehead atoms. The fourth-order valence-corrected chi connectivity index (χ4v) is 1.15. The van der Waals surface area contributed by atoms with Crippen molar-refractivity contribution in [3.63, 3.8) is 0 Å². The van der Waals surface area contributed by atoms with Crippen molar-refractivity contribution < 1.29 is 0 Å². The van der Waals surface area contributed by atoms with Gasteiger partial charge in [0.1, 0.15) is 0 Å². The van der Waals surface area contributed by atoms with E-state index in [1.54, 1.807) is 0 Å². The average Bonchev–Trinajstić information content (AvgIpc) is 2.03. The van der Waals surface area contributed by atoms with Gasteiger partial charge < -0.3 is 5.73 Å². The molecule has 0 aliphatic rings. The van der Waals surface area contributed by atoms with Crippen LogP contribution in [0.4, 0.5) is 5.69 Å². The number of benzene rings is 1. The van der Waals surface area contributed by atoms with Crippen molar-refractivity contribution in [3.8, 4) is 0 Å². The number of anilines is 1. The molecule has 0 heterocycles. The van der Waals surface area contributed by atoms with E-state index in [0.717, 1.165) is 18.5 Å². The normalized spacial score (nSPS) is 10.6. The van der Waals surface area contributed by atoms with E-state index in [9.17, 15) is 0 Å². The van der Waals surface area contributed by atoms with E-state index in [4.69, 9.17) is 5.73 Å². The topological polar surface area (TPSA) is 26.0 Å². The Balaban J connectivity index is 2.57. The van der Waals surface area contributed by atoms with Crippen LogP contribution in [0.15, 0.2) is 24.3 Å². The number of aryl methyl sites for hydroxylation is 1. The van der Waals surface area contributed by atoms with Gasteiger partial charge in [0.05, 0.1) is 0 Å². The first kappa shape index (κ1) is 9.11. The highest BCUT2D eigenvalue weighted by Gasteiger charge is 1.99. The lowest BCUT2D eigenvalue weighted by Gasteiger charge is -2.06. The second-order valence-electron chi connectivity index (χ2n) is 3.41. The smallest absolute Gasteiger partial charge is 0.0346 e. The van der Waals surface area contributed by atoms with Crippen LogP contribution in [0.5, 0.6) is 0 Å².